The molecule has 0 aliphatic carbocycles. The molecular weight excluding hydrogens is 214 g/mol. The maximum absolute atomic E-state index is 5.83. The van der Waals surface area contributed by atoms with Crippen LogP contribution >= 0.6 is 11.6 Å². The van der Waals surface area contributed by atoms with Gasteiger partial charge < -0.3 is 4.52 Å². The summed E-state index contributed by atoms with van der Waals surface area (Å²) in [5, 5.41) is 3.58. The van der Waals surface area contributed by atoms with Gasteiger partial charge in [-0.1, -0.05) is 5.16 Å². The lowest BCUT2D eigenvalue weighted by atomic mass is 10.1. The van der Waals surface area contributed by atoms with Crippen molar-refractivity contribution in [2.24, 2.45) is 0 Å². The molecule has 0 fully saturated rings. The van der Waals surface area contributed by atoms with Crippen molar-refractivity contribution in [1.82, 2.24) is 15.1 Å². The van der Waals surface area contributed by atoms with E-state index in [0.29, 0.717) is 11.7 Å². The number of pyridine rings is 1. The van der Waals surface area contributed by atoms with Crippen molar-refractivity contribution < 1.29 is 4.52 Å². The van der Waals surface area contributed by atoms with Gasteiger partial charge in [0, 0.05) is 18.0 Å². The zero-order valence-corrected chi connectivity index (χ0v) is 9.19. The topological polar surface area (TPSA) is 51.8 Å². The summed E-state index contributed by atoms with van der Waals surface area (Å²) < 4.78 is 5.01. The first kappa shape index (κ1) is 10.1. The van der Waals surface area contributed by atoms with E-state index in [1.165, 1.54) is 0 Å². The molecule has 15 heavy (non-hydrogen) atoms. The average Bonchev–Trinajstić information content (AvgIpc) is 2.67. The monoisotopic (exact) mass is 223 g/mol. The molecule has 0 radical (unpaired) electrons. The van der Waals surface area contributed by atoms with E-state index in [1.54, 1.807) is 19.3 Å². The number of alkyl halides is 1. The molecule has 2 aromatic rings. The van der Waals surface area contributed by atoms with E-state index in [9.17, 15) is 0 Å². The van der Waals surface area contributed by atoms with Crippen LogP contribution in [-0.4, -0.2) is 15.1 Å². The van der Waals surface area contributed by atoms with Gasteiger partial charge in [0.2, 0.25) is 11.7 Å². The number of halogens is 1. The SMILES string of the molecule is Cc1ccncc1-c1noc(C(C)Cl)n1. The Kier molecular flexibility index (Phi) is 2.68. The number of hydrogen-bond donors (Lipinski definition) is 0. The molecule has 2 heterocycles. The number of hydrogen-bond acceptors (Lipinski definition) is 4. The Morgan fingerprint density at radius 3 is 2.87 bits per heavy atom. The smallest absolute Gasteiger partial charge is 0.244 e. The Balaban J connectivity index is 2.42. The van der Waals surface area contributed by atoms with Crippen molar-refractivity contribution in [2.45, 2.75) is 19.2 Å². The van der Waals surface area contributed by atoms with Gasteiger partial charge in [0.05, 0.1) is 0 Å². The summed E-state index contributed by atoms with van der Waals surface area (Å²) in [4.78, 5) is 8.21. The molecule has 0 aliphatic rings. The van der Waals surface area contributed by atoms with Crippen LogP contribution in [0.5, 0.6) is 0 Å². The second-order valence-corrected chi connectivity index (χ2v) is 3.92. The first-order valence-corrected chi connectivity index (χ1v) is 5.01. The van der Waals surface area contributed by atoms with Crippen molar-refractivity contribution in [3.05, 3.63) is 29.9 Å². The van der Waals surface area contributed by atoms with Gasteiger partial charge in [-0.15, -0.1) is 11.6 Å². The van der Waals surface area contributed by atoms with Crippen LogP contribution < -0.4 is 0 Å². The lowest BCUT2D eigenvalue weighted by Gasteiger charge is -1.97. The molecule has 1 atom stereocenters. The van der Waals surface area contributed by atoms with E-state index >= 15 is 0 Å². The summed E-state index contributed by atoms with van der Waals surface area (Å²) in [5.41, 5.74) is 1.92. The van der Waals surface area contributed by atoms with Crippen molar-refractivity contribution >= 4 is 11.6 Å². The van der Waals surface area contributed by atoms with Crippen molar-refractivity contribution in [3.63, 3.8) is 0 Å². The first-order valence-electron chi connectivity index (χ1n) is 4.57. The minimum atomic E-state index is -0.275. The van der Waals surface area contributed by atoms with Gasteiger partial charge in [-0.05, 0) is 25.5 Å². The second kappa shape index (κ2) is 3.98. The van der Waals surface area contributed by atoms with Gasteiger partial charge in [0.15, 0.2) is 0 Å². The van der Waals surface area contributed by atoms with E-state index in [1.807, 2.05) is 13.0 Å². The molecule has 0 bridgehead atoms. The number of nitrogens with zero attached hydrogens (tertiary/aromatic N) is 3. The van der Waals surface area contributed by atoms with Crippen molar-refractivity contribution in [1.29, 1.82) is 0 Å². The van der Waals surface area contributed by atoms with Gasteiger partial charge >= 0.3 is 0 Å². The van der Waals surface area contributed by atoms with E-state index in [-0.39, 0.29) is 5.38 Å². The highest BCUT2D eigenvalue weighted by Crippen LogP contribution is 2.23. The van der Waals surface area contributed by atoms with E-state index in [2.05, 4.69) is 15.1 Å². The highest BCUT2D eigenvalue weighted by molar-refractivity contribution is 6.20. The minimum absolute atomic E-state index is 0.275. The van der Waals surface area contributed by atoms with Crippen LogP contribution in [0.3, 0.4) is 0 Å². The zero-order valence-electron chi connectivity index (χ0n) is 8.44. The van der Waals surface area contributed by atoms with Crippen LogP contribution in [-0.2, 0) is 0 Å². The average molecular weight is 224 g/mol. The molecule has 0 saturated heterocycles. The number of aryl methyl sites for hydroxylation is 1. The molecule has 0 amide bonds. The van der Waals surface area contributed by atoms with Crippen LogP contribution in [0.1, 0.15) is 23.8 Å². The summed E-state index contributed by atoms with van der Waals surface area (Å²) in [5.74, 6) is 0.956. The summed E-state index contributed by atoms with van der Waals surface area (Å²) in [7, 11) is 0. The molecule has 1 unspecified atom stereocenters. The first-order chi connectivity index (χ1) is 7.18. The predicted molar refractivity (Wildman–Crippen MR) is 56.5 cm³/mol. The summed E-state index contributed by atoms with van der Waals surface area (Å²) in [6, 6.07) is 1.90. The molecule has 2 aromatic heterocycles. The molecule has 5 heteroatoms. The summed E-state index contributed by atoms with van der Waals surface area (Å²) >= 11 is 5.83. The van der Waals surface area contributed by atoms with Gasteiger partial charge in [-0.3, -0.25) is 4.98 Å². The molecule has 0 saturated carbocycles. The lowest BCUT2D eigenvalue weighted by molar-refractivity contribution is 0.379. The largest absolute Gasteiger partial charge is 0.337 e. The standard InChI is InChI=1S/C10H10ClN3O/c1-6-3-4-12-5-8(6)9-13-10(7(2)11)15-14-9/h3-5,7H,1-2H3. The van der Waals surface area contributed by atoms with Crippen molar-refractivity contribution in [3.8, 4) is 11.4 Å². The third-order valence-electron chi connectivity index (χ3n) is 2.06. The Bertz CT molecular complexity index is 467. The Hall–Kier alpha value is -1.42. The van der Waals surface area contributed by atoms with Crippen LogP contribution in [0.15, 0.2) is 23.0 Å². The maximum Gasteiger partial charge on any atom is 0.244 e. The van der Waals surface area contributed by atoms with Crippen LogP contribution in [0.25, 0.3) is 11.4 Å². The Morgan fingerprint density at radius 2 is 2.27 bits per heavy atom. The van der Waals surface area contributed by atoms with Gasteiger partial charge in [-0.2, -0.15) is 4.98 Å². The summed E-state index contributed by atoms with van der Waals surface area (Å²) in [6.45, 7) is 3.76. The molecular formula is C10H10ClN3O. The molecule has 0 spiro atoms. The third kappa shape index (κ3) is 1.99. The van der Waals surface area contributed by atoms with Gasteiger partial charge in [0.1, 0.15) is 5.38 Å². The minimum Gasteiger partial charge on any atom is -0.337 e. The fourth-order valence-corrected chi connectivity index (χ4v) is 1.29. The number of rotatable bonds is 2. The second-order valence-electron chi connectivity index (χ2n) is 3.26. The van der Waals surface area contributed by atoms with Gasteiger partial charge in [-0.25, -0.2) is 0 Å². The van der Waals surface area contributed by atoms with E-state index in [0.717, 1.165) is 11.1 Å². The molecule has 0 aromatic carbocycles. The molecule has 0 N–H and O–H groups in total. The highest BCUT2D eigenvalue weighted by atomic mass is 35.5. The summed E-state index contributed by atoms with van der Waals surface area (Å²) in [6.07, 6.45) is 3.44. The maximum atomic E-state index is 5.83. The van der Waals surface area contributed by atoms with E-state index in [4.69, 9.17) is 16.1 Å². The molecule has 4 nitrogen and oxygen atoms in total. The molecule has 78 valence electrons. The van der Waals surface area contributed by atoms with Crippen LogP contribution in [0, 0.1) is 6.92 Å². The lowest BCUT2D eigenvalue weighted by Crippen LogP contribution is -1.88. The Labute approximate surface area is 92.3 Å². The fraction of sp³-hybridized carbons (Fsp3) is 0.300. The predicted octanol–water partition coefficient (Wildman–Crippen LogP) is 2.74. The van der Waals surface area contributed by atoms with Crippen LogP contribution in [0.2, 0.25) is 0 Å². The van der Waals surface area contributed by atoms with E-state index < -0.39 is 0 Å². The zero-order chi connectivity index (χ0) is 10.8. The normalized spacial score (nSPS) is 12.7. The third-order valence-corrected chi connectivity index (χ3v) is 2.25. The van der Waals surface area contributed by atoms with Gasteiger partial charge in [0.25, 0.3) is 0 Å². The van der Waals surface area contributed by atoms with Crippen LogP contribution in [0.4, 0.5) is 0 Å². The Morgan fingerprint density at radius 1 is 1.47 bits per heavy atom. The quantitative estimate of drug-likeness (QED) is 0.735. The molecule has 0 aliphatic heterocycles. The highest BCUT2D eigenvalue weighted by Gasteiger charge is 2.13. The fourth-order valence-electron chi connectivity index (χ4n) is 1.20. The number of aromatic nitrogens is 3. The molecule has 2 rings (SSSR count). The van der Waals surface area contributed by atoms with Crippen molar-refractivity contribution in [2.75, 3.05) is 0 Å².